The summed E-state index contributed by atoms with van der Waals surface area (Å²) in [5, 5.41) is 3.77. The van der Waals surface area contributed by atoms with E-state index in [0.29, 0.717) is 18.0 Å². The Kier molecular flexibility index (Phi) is 6.73. The van der Waals surface area contributed by atoms with Crippen LogP contribution in [0.15, 0.2) is 15.9 Å². The second kappa shape index (κ2) is 8.09. The SMILES string of the molecule is CC(C)CC1CN(CCc2ccc(Br)s2)C(C(C)C)CN1. The Hall–Kier alpha value is 0.1000. The van der Waals surface area contributed by atoms with Gasteiger partial charge in [0.25, 0.3) is 0 Å². The normalized spacial score (nSPS) is 24.1. The van der Waals surface area contributed by atoms with Crippen LogP contribution in [0, 0.1) is 11.8 Å². The van der Waals surface area contributed by atoms with Crippen molar-refractivity contribution < 1.29 is 0 Å². The molecule has 2 heterocycles. The first-order chi connectivity index (χ1) is 9.95. The average Bonchev–Trinajstić information content (AvgIpc) is 2.81. The molecule has 0 bridgehead atoms. The standard InChI is InChI=1S/C17H29BrN2S/c1-12(2)9-14-11-20(16(10-19-14)13(3)4)8-7-15-5-6-17(18)21-15/h5-6,12-14,16,19H,7-11H2,1-4H3. The molecular formula is C17H29BrN2S. The van der Waals surface area contributed by atoms with Crippen LogP contribution in [-0.2, 0) is 6.42 Å². The molecule has 2 rings (SSSR count). The van der Waals surface area contributed by atoms with Gasteiger partial charge in [-0.25, -0.2) is 0 Å². The topological polar surface area (TPSA) is 15.3 Å². The highest BCUT2D eigenvalue weighted by molar-refractivity contribution is 9.11. The van der Waals surface area contributed by atoms with Gasteiger partial charge in [-0.2, -0.15) is 0 Å². The highest BCUT2D eigenvalue weighted by atomic mass is 79.9. The number of piperazine rings is 1. The maximum atomic E-state index is 3.77. The summed E-state index contributed by atoms with van der Waals surface area (Å²) in [7, 11) is 0. The minimum atomic E-state index is 0.662. The van der Waals surface area contributed by atoms with Crippen LogP contribution in [0.5, 0.6) is 0 Å². The summed E-state index contributed by atoms with van der Waals surface area (Å²) in [6.07, 6.45) is 2.46. The molecule has 4 heteroatoms. The lowest BCUT2D eigenvalue weighted by atomic mass is 9.95. The van der Waals surface area contributed by atoms with Gasteiger partial charge in [0.2, 0.25) is 0 Å². The van der Waals surface area contributed by atoms with Crippen LogP contribution in [0.1, 0.15) is 39.0 Å². The molecule has 0 aliphatic carbocycles. The largest absolute Gasteiger partial charge is 0.311 e. The van der Waals surface area contributed by atoms with E-state index in [1.165, 1.54) is 34.6 Å². The fraction of sp³-hybridized carbons (Fsp3) is 0.765. The first kappa shape index (κ1) is 17.5. The molecule has 0 amide bonds. The van der Waals surface area contributed by atoms with Gasteiger partial charge in [0.15, 0.2) is 0 Å². The number of nitrogens with one attached hydrogen (secondary N) is 1. The molecule has 21 heavy (non-hydrogen) atoms. The number of rotatable bonds is 6. The van der Waals surface area contributed by atoms with Crippen LogP contribution < -0.4 is 5.32 Å². The zero-order valence-corrected chi connectivity index (χ0v) is 16.1. The van der Waals surface area contributed by atoms with Crippen LogP contribution in [0.4, 0.5) is 0 Å². The molecule has 2 unspecified atom stereocenters. The van der Waals surface area contributed by atoms with Gasteiger partial charge >= 0.3 is 0 Å². The lowest BCUT2D eigenvalue weighted by Gasteiger charge is -2.43. The molecule has 0 saturated carbocycles. The Morgan fingerprint density at radius 2 is 2.10 bits per heavy atom. The van der Waals surface area contributed by atoms with Gasteiger partial charge in [0.05, 0.1) is 3.79 Å². The molecule has 1 aromatic heterocycles. The summed E-state index contributed by atoms with van der Waals surface area (Å²) in [5.41, 5.74) is 0. The van der Waals surface area contributed by atoms with Crippen molar-refractivity contribution in [2.24, 2.45) is 11.8 Å². The Morgan fingerprint density at radius 3 is 2.67 bits per heavy atom. The molecule has 1 fully saturated rings. The number of halogens is 1. The summed E-state index contributed by atoms with van der Waals surface area (Å²) in [6, 6.07) is 5.76. The number of hydrogen-bond donors (Lipinski definition) is 1. The van der Waals surface area contributed by atoms with Gasteiger partial charge in [0.1, 0.15) is 0 Å². The lowest BCUT2D eigenvalue weighted by molar-refractivity contribution is 0.0936. The third kappa shape index (κ3) is 5.34. The molecule has 0 radical (unpaired) electrons. The Balaban J connectivity index is 1.93. The van der Waals surface area contributed by atoms with E-state index in [9.17, 15) is 0 Å². The molecule has 1 aliphatic heterocycles. The summed E-state index contributed by atoms with van der Waals surface area (Å²) < 4.78 is 1.25. The lowest BCUT2D eigenvalue weighted by Crippen LogP contribution is -2.58. The molecular weight excluding hydrogens is 344 g/mol. The van der Waals surface area contributed by atoms with Gasteiger partial charge in [-0.3, -0.25) is 4.90 Å². The molecule has 1 N–H and O–H groups in total. The van der Waals surface area contributed by atoms with Gasteiger partial charge < -0.3 is 5.32 Å². The van der Waals surface area contributed by atoms with E-state index in [1.54, 1.807) is 0 Å². The number of thiophene rings is 1. The van der Waals surface area contributed by atoms with E-state index in [0.717, 1.165) is 12.5 Å². The first-order valence-corrected chi connectivity index (χ1v) is 9.78. The second-order valence-electron chi connectivity index (χ2n) is 7.00. The second-order valence-corrected chi connectivity index (χ2v) is 9.54. The van der Waals surface area contributed by atoms with E-state index >= 15 is 0 Å². The maximum absolute atomic E-state index is 3.77. The predicted octanol–water partition coefficient (Wildman–Crippen LogP) is 4.40. The summed E-state index contributed by atoms with van der Waals surface area (Å²) in [4.78, 5) is 4.21. The van der Waals surface area contributed by atoms with Crippen molar-refractivity contribution >= 4 is 27.3 Å². The average molecular weight is 373 g/mol. The van der Waals surface area contributed by atoms with Crippen molar-refractivity contribution in [2.45, 2.75) is 52.6 Å². The highest BCUT2D eigenvalue weighted by Gasteiger charge is 2.29. The minimum Gasteiger partial charge on any atom is -0.311 e. The van der Waals surface area contributed by atoms with Crippen LogP contribution in [0.3, 0.4) is 0 Å². The van der Waals surface area contributed by atoms with Crippen molar-refractivity contribution in [1.82, 2.24) is 10.2 Å². The molecule has 2 atom stereocenters. The Morgan fingerprint density at radius 1 is 1.33 bits per heavy atom. The number of nitrogens with zero attached hydrogens (tertiary/aromatic N) is 1. The summed E-state index contributed by atoms with van der Waals surface area (Å²) in [5.74, 6) is 1.49. The molecule has 1 aliphatic rings. The van der Waals surface area contributed by atoms with Crippen molar-refractivity contribution in [3.63, 3.8) is 0 Å². The maximum Gasteiger partial charge on any atom is 0.0701 e. The van der Waals surface area contributed by atoms with Gasteiger partial charge in [0, 0.05) is 36.6 Å². The van der Waals surface area contributed by atoms with E-state index < -0.39 is 0 Å². The highest BCUT2D eigenvalue weighted by Crippen LogP contribution is 2.24. The molecule has 120 valence electrons. The third-order valence-corrected chi connectivity index (χ3v) is 6.02. The monoisotopic (exact) mass is 372 g/mol. The predicted molar refractivity (Wildman–Crippen MR) is 97.2 cm³/mol. The zero-order valence-electron chi connectivity index (χ0n) is 13.7. The first-order valence-electron chi connectivity index (χ1n) is 8.17. The molecule has 1 saturated heterocycles. The molecule has 0 spiro atoms. The summed E-state index contributed by atoms with van der Waals surface area (Å²) >= 11 is 5.44. The van der Waals surface area contributed by atoms with Crippen LogP contribution in [0.25, 0.3) is 0 Å². The zero-order chi connectivity index (χ0) is 15.4. The van der Waals surface area contributed by atoms with Crippen LogP contribution in [-0.4, -0.2) is 36.6 Å². The quantitative estimate of drug-likeness (QED) is 0.795. The number of hydrogen-bond acceptors (Lipinski definition) is 3. The van der Waals surface area contributed by atoms with E-state index in [4.69, 9.17) is 0 Å². The smallest absolute Gasteiger partial charge is 0.0701 e. The third-order valence-electron chi connectivity index (χ3n) is 4.34. The van der Waals surface area contributed by atoms with Crippen molar-refractivity contribution in [3.8, 4) is 0 Å². The Bertz CT molecular complexity index is 430. The fourth-order valence-electron chi connectivity index (χ4n) is 3.28. The van der Waals surface area contributed by atoms with E-state index in [-0.39, 0.29) is 0 Å². The van der Waals surface area contributed by atoms with Gasteiger partial charge in [-0.1, -0.05) is 27.7 Å². The van der Waals surface area contributed by atoms with Crippen LogP contribution in [0.2, 0.25) is 0 Å². The molecule has 0 aromatic carbocycles. The minimum absolute atomic E-state index is 0.662. The van der Waals surface area contributed by atoms with Crippen molar-refractivity contribution in [2.75, 3.05) is 19.6 Å². The summed E-state index contributed by atoms with van der Waals surface area (Å²) in [6.45, 7) is 12.9. The fourth-order valence-corrected chi connectivity index (χ4v) is 4.75. The molecule has 1 aromatic rings. The van der Waals surface area contributed by atoms with E-state index in [1.807, 2.05) is 11.3 Å². The van der Waals surface area contributed by atoms with Gasteiger partial charge in [-0.15, -0.1) is 11.3 Å². The van der Waals surface area contributed by atoms with Crippen LogP contribution >= 0.6 is 27.3 Å². The molecule has 2 nitrogen and oxygen atoms in total. The van der Waals surface area contributed by atoms with Gasteiger partial charge in [-0.05, 0) is 52.7 Å². The Labute approximate surface area is 142 Å². The van der Waals surface area contributed by atoms with Crippen molar-refractivity contribution in [3.05, 3.63) is 20.8 Å². The van der Waals surface area contributed by atoms with E-state index in [2.05, 4.69) is 66.0 Å². The van der Waals surface area contributed by atoms with Crippen molar-refractivity contribution in [1.29, 1.82) is 0 Å².